The second kappa shape index (κ2) is 4.16. The van der Waals surface area contributed by atoms with Crippen LogP contribution in [0.1, 0.15) is 0 Å². The molecule has 3 saturated heterocycles. The molecule has 0 aromatic heterocycles. The summed E-state index contributed by atoms with van der Waals surface area (Å²) in [6.45, 7) is 0.203. The minimum absolute atomic E-state index is 0.0273. The average molecular weight is 284 g/mol. The number of carbonyl (C=O) groups excluding carboxylic acids is 2. The summed E-state index contributed by atoms with van der Waals surface area (Å²) in [7, 11) is 1.34. The highest BCUT2D eigenvalue weighted by Crippen LogP contribution is 2.64. The van der Waals surface area contributed by atoms with E-state index in [0.717, 1.165) is 0 Å². The lowest BCUT2D eigenvalue weighted by Gasteiger charge is -2.54. The summed E-state index contributed by atoms with van der Waals surface area (Å²) in [5, 5.41) is 9.56. The van der Waals surface area contributed by atoms with Gasteiger partial charge in [-0.05, 0) is 5.92 Å². The first-order valence-corrected chi connectivity index (χ1v) is 6.86. The number of aliphatic hydroxyl groups is 1. The predicted molar refractivity (Wildman–Crippen MR) is 60.7 cm³/mol. The third-order valence-corrected chi connectivity index (χ3v) is 5.48. The van der Waals surface area contributed by atoms with Crippen molar-refractivity contribution in [3.63, 3.8) is 0 Å². The summed E-state index contributed by atoms with van der Waals surface area (Å²) < 4.78 is 10.7. The number of aliphatic hydroxyl groups excluding tert-OH is 1. The fraction of sp³-hybridized carbons (Fsp3) is 0.846. The van der Waals surface area contributed by atoms with Crippen LogP contribution in [0.15, 0.2) is 0 Å². The normalized spacial score (nSPS) is 51.8. The molecule has 110 valence electrons. The van der Waals surface area contributed by atoms with Crippen molar-refractivity contribution in [2.24, 2.45) is 35.5 Å². The van der Waals surface area contributed by atoms with Crippen molar-refractivity contribution in [3.05, 3.63) is 0 Å². The Morgan fingerprint density at radius 1 is 1.40 bits per heavy atom. The van der Waals surface area contributed by atoms with Crippen LogP contribution >= 0.6 is 0 Å². The molecule has 1 N–H and O–H groups in total. The van der Waals surface area contributed by atoms with Gasteiger partial charge in [-0.2, -0.15) is 4.89 Å². The third-order valence-electron chi connectivity index (χ3n) is 5.48. The van der Waals surface area contributed by atoms with E-state index in [1.54, 1.807) is 0 Å². The Morgan fingerprint density at radius 2 is 2.20 bits per heavy atom. The molecule has 7 nitrogen and oxygen atoms in total. The van der Waals surface area contributed by atoms with E-state index in [2.05, 4.69) is 4.89 Å². The summed E-state index contributed by atoms with van der Waals surface area (Å²) in [6.07, 6.45) is -0.559. The Kier molecular flexibility index (Phi) is 2.61. The van der Waals surface area contributed by atoms with E-state index in [-0.39, 0.29) is 60.3 Å². The van der Waals surface area contributed by atoms with Crippen LogP contribution in [-0.4, -0.2) is 49.6 Å². The van der Waals surface area contributed by atoms with Crippen molar-refractivity contribution in [2.45, 2.75) is 12.2 Å². The molecule has 0 aromatic rings. The minimum atomic E-state index is -0.449. The van der Waals surface area contributed by atoms with Gasteiger partial charge in [0.15, 0.2) is 0 Å². The topological polar surface area (TPSA) is 91.3 Å². The zero-order valence-electron chi connectivity index (χ0n) is 10.9. The molecule has 4 fully saturated rings. The molecule has 3 aliphatic heterocycles. The van der Waals surface area contributed by atoms with E-state index < -0.39 is 5.92 Å². The van der Waals surface area contributed by atoms with Gasteiger partial charge in [0.05, 0.1) is 37.8 Å². The number of hydrogen-bond donors (Lipinski definition) is 1. The smallest absolute Gasteiger partial charge is 0.346 e. The van der Waals surface area contributed by atoms with Gasteiger partial charge in [0.2, 0.25) is 0 Å². The maximum Gasteiger partial charge on any atom is 0.346 e. The monoisotopic (exact) mass is 284 g/mol. The number of methoxy groups -OCH3 is 1. The Balaban J connectivity index is 1.64. The Bertz CT molecular complexity index is 462. The number of fused-ring (bicyclic) bond motifs is 8. The van der Waals surface area contributed by atoms with Gasteiger partial charge < -0.3 is 14.6 Å². The van der Waals surface area contributed by atoms with Crippen molar-refractivity contribution in [1.82, 2.24) is 0 Å². The molecule has 2 bridgehead atoms. The highest BCUT2D eigenvalue weighted by atomic mass is 17.2. The van der Waals surface area contributed by atoms with Crippen LogP contribution in [0.2, 0.25) is 0 Å². The van der Waals surface area contributed by atoms with E-state index in [1.165, 1.54) is 7.11 Å². The van der Waals surface area contributed by atoms with Gasteiger partial charge >= 0.3 is 11.9 Å². The van der Waals surface area contributed by atoms with E-state index in [4.69, 9.17) is 14.4 Å². The van der Waals surface area contributed by atoms with Crippen molar-refractivity contribution in [2.75, 3.05) is 20.3 Å². The lowest BCUT2D eigenvalue weighted by molar-refractivity contribution is -0.328. The number of esters is 1. The fourth-order valence-corrected chi connectivity index (χ4v) is 4.75. The molecule has 0 aromatic carbocycles. The summed E-state index contributed by atoms with van der Waals surface area (Å²) >= 11 is 0. The van der Waals surface area contributed by atoms with Crippen molar-refractivity contribution >= 4 is 11.9 Å². The second-order valence-electron chi connectivity index (χ2n) is 5.99. The van der Waals surface area contributed by atoms with Gasteiger partial charge in [-0.1, -0.05) is 0 Å². The maximum atomic E-state index is 11.9. The molecule has 4 aliphatic rings. The SMILES string of the molecule is COC(=O)C1C(CO)C2OC1C1C3COOC(=O)C3C21. The van der Waals surface area contributed by atoms with Crippen LogP contribution < -0.4 is 0 Å². The molecular formula is C13H16O7. The highest BCUT2D eigenvalue weighted by molar-refractivity contribution is 5.77. The number of rotatable bonds is 2. The molecule has 20 heavy (non-hydrogen) atoms. The number of ether oxygens (including phenoxy) is 2. The summed E-state index contributed by atoms with van der Waals surface area (Å²) in [4.78, 5) is 33.2. The Morgan fingerprint density at radius 3 is 2.90 bits per heavy atom. The van der Waals surface area contributed by atoms with Gasteiger partial charge in [-0.25, -0.2) is 4.79 Å². The summed E-state index contributed by atoms with van der Waals surface area (Å²) in [5.41, 5.74) is 0. The molecule has 1 saturated carbocycles. The zero-order chi connectivity index (χ0) is 14.0. The Labute approximate surface area is 115 Å². The molecule has 1 aliphatic carbocycles. The molecule has 7 heteroatoms. The number of carbonyl (C=O) groups is 2. The van der Waals surface area contributed by atoms with Crippen LogP contribution in [0, 0.1) is 35.5 Å². The van der Waals surface area contributed by atoms with Crippen molar-refractivity contribution in [1.29, 1.82) is 0 Å². The maximum absolute atomic E-state index is 11.9. The first kappa shape index (κ1) is 12.6. The van der Waals surface area contributed by atoms with E-state index in [0.29, 0.717) is 6.61 Å². The van der Waals surface area contributed by atoms with Crippen LogP contribution in [0.25, 0.3) is 0 Å². The zero-order valence-corrected chi connectivity index (χ0v) is 10.9. The van der Waals surface area contributed by atoms with Gasteiger partial charge in [-0.3, -0.25) is 9.68 Å². The summed E-state index contributed by atoms with van der Waals surface area (Å²) in [6, 6.07) is 0. The quantitative estimate of drug-likeness (QED) is 0.520. The molecule has 8 atom stereocenters. The average Bonchev–Trinajstić information content (AvgIpc) is 2.93. The van der Waals surface area contributed by atoms with Crippen LogP contribution in [0.3, 0.4) is 0 Å². The first-order valence-electron chi connectivity index (χ1n) is 6.86. The molecule has 0 radical (unpaired) electrons. The van der Waals surface area contributed by atoms with Crippen LogP contribution in [0.4, 0.5) is 0 Å². The first-order chi connectivity index (χ1) is 9.69. The number of hydrogen-bond acceptors (Lipinski definition) is 7. The van der Waals surface area contributed by atoms with Gasteiger partial charge in [0, 0.05) is 24.4 Å². The van der Waals surface area contributed by atoms with Crippen LogP contribution in [-0.2, 0) is 28.8 Å². The molecular weight excluding hydrogens is 268 g/mol. The van der Waals surface area contributed by atoms with Gasteiger partial charge in [0.25, 0.3) is 0 Å². The molecule has 8 unspecified atom stereocenters. The predicted octanol–water partition coefficient (Wildman–Crippen LogP) is -0.868. The van der Waals surface area contributed by atoms with Gasteiger partial charge in [0.1, 0.15) is 0 Å². The standard InChI is InChI=1S/C13H16O7/c1-17-12(15)8-4(2-14)10-9-6(11(8)19-10)5-3-18-20-13(16)7(5)9/h4-11,14H,2-3H2,1H3. The highest BCUT2D eigenvalue weighted by Gasteiger charge is 2.74. The molecule has 3 heterocycles. The van der Waals surface area contributed by atoms with Gasteiger partial charge in [-0.15, -0.1) is 0 Å². The van der Waals surface area contributed by atoms with E-state index >= 15 is 0 Å². The second-order valence-corrected chi connectivity index (χ2v) is 5.99. The minimum Gasteiger partial charge on any atom is -0.469 e. The third kappa shape index (κ3) is 1.30. The van der Waals surface area contributed by atoms with E-state index in [1.807, 2.05) is 0 Å². The fourth-order valence-electron chi connectivity index (χ4n) is 4.75. The largest absolute Gasteiger partial charge is 0.469 e. The molecule has 4 rings (SSSR count). The van der Waals surface area contributed by atoms with Crippen molar-refractivity contribution in [3.8, 4) is 0 Å². The molecule has 0 spiro atoms. The molecule has 0 amide bonds. The van der Waals surface area contributed by atoms with Crippen LogP contribution in [0.5, 0.6) is 0 Å². The summed E-state index contributed by atoms with van der Waals surface area (Å²) in [5.74, 6) is -1.49. The van der Waals surface area contributed by atoms with Crippen molar-refractivity contribution < 1.29 is 33.9 Å². The van der Waals surface area contributed by atoms with E-state index in [9.17, 15) is 14.7 Å². The lowest BCUT2D eigenvalue weighted by atomic mass is 9.48. The lowest BCUT2D eigenvalue weighted by Crippen LogP contribution is -2.63. The Hall–Kier alpha value is -1.18.